The molecule has 2 bridgehead atoms. The van der Waals surface area contributed by atoms with E-state index in [4.69, 9.17) is 4.74 Å². The Morgan fingerprint density at radius 2 is 1.74 bits per heavy atom. The Balaban J connectivity index is 1.14. The molecule has 2 N–H and O–H groups in total. The smallest absolute Gasteiger partial charge is 0.412 e. The number of nitrogens with zero attached hydrogens (tertiary/aromatic N) is 3. The molecule has 2 aromatic carbocycles. The van der Waals surface area contributed by atoms with Gasteiger partial charge in [-0.15, -0.1) is 0 Å². The molecule has 3 aromatic rings. The third-order valence-corrected chi connectivity index (χ3v) is 7.10. The van der Waals surface area contributed by atoms with Crippen LogP contribution in [0, 0.1) is 11.8 Å². The fraction of sp³-hybridized carbons (Fsp3) is 0.292. The average molecular weight is 460 g/mol. The summed E-state index contributed by atoms with van der Waals surface area (Å²) in [6, 6.07) is 15.6. The van der Waals surface area contributed by atoms with Crippen molar-refractivity contribution in [2.24, 2.45) is 11.8 Å². The Hall–Kier alpha value is -4.21. The number of aromatic nitrogens is 2. The van der Waals surface area contributed by atoms with Gasteiger partial charge in [-0.3, -0.25) is 14.9 Å². The average Bonchev–Trinajstić information content (AvgIpc) is 3.59. The predicted molar refractivity (Wildman–Crippen MR) is 117 cm³/mol. The summed E-state index contributed by atoms with van der Waals surface area (Å²) in [4.78, 5) is 38.3. The van der Waals surface area contributed by atoms with E-state index in [9.17, 15) is 19.5 Å². The number of anilines is 1. The molecule has 34 heavy (non-hydrogen) atoms. The highest BCUT2D eigenvalue weighted by Gasteiger charge is 2.57. The van der Waals surface area contributed by atoms with Gasteiger partial charge in [0.25, 0.3) is 5.91 Å². The van der Waals surface area contributed by atoms with Crippen LogP contribution in [0.2, 0.25) is 0 Å². The number of carboxylic acid groups (broad SMARTS) is 1. The van der Waals surface area contributed by atoms with E-state index in [0.717, 1.165) is 22.3 Å². The van der Waals surface area contributed by atoms with Crippen LogP contribution in [0.3, 0.4) is 0 Å². The molecule has 2 saturated heterocycles. The van der Waals surface area contributed by atoms with Crippen molar-refractivity contribution in [3.63, 3.8) is 0 Å². The molecule has 1 saturated carbocycles. The van der Waals surface area contributed by atoms with E-state index in [1.54, 1.807) is 0 Å². The van der Waals surface area contributed by atoms with Gasteiger partial charge < -0.3 is 14.7 Å². The largest absolute Gasteiger partial charge is 0.481 e. The van der Waals surface area contributed by atoms with Crippen molar-refractivity contribution in [1.29, 1.82) is 0 Å². The van der Waals surface area contributed by atoms with Gasteiger partial charge in [0.1, 0.15) is 6.61 Å². The van der Waals surface area contributed by atoms with Gasteiger partial charge in [0.15, 0.2) is 0 Å². The summed E-state index contributed by atoms with van der Waals surface area (Å²) in [7, 11) is 0. The van der Waals surface area contributed by atoms with Crippen molar-refractivity contribution < 1.29 is 28.9 Å². The Labute approximate surface area is 193 Å². The van der Waals surface area contributed by atoms with Gasteiger partial charge in [0, 0.05) is 18.5 Å². The normalized spacial score (nSPS) is 22.0. The maximum atomic E-state index is 12.9. The zero-order chi connectivity index (χ0) is 23.4. The molecule has 1 aromatic heterocycles. The number of carbonyl (C=O) groups is 3. The first-order valence-electron chi connectivity index (χ1n) is 11.0. The minimum atomic E-state index is -0.910. The van der Waals surface area contributed by atoms with Gasteiger partial charge in [0.05, 0.1) is 5.92 Å². The Morgan fingerprint density at radius 3 is 2.38 bits per heavy atom. The monoisotopic (exact) mass is 460 g/mol. The van der Waals surface area contributed by atoms with Crippen molar-refractivity contribution in [1.82, 2.24) is 15.2 Å². The highest BCUT2D eigenvalue weighted by atomic mass is 16.6. The molecule has 3 unspecified atom stereocenters. The molecule has 0 radical (unpaired) electrons. The lowest BCUT2D eigenvalue weighted by Gasteiger charge is -2.32. The van der Waals surface area contributed by atoms with Crippen LogP contribution in [-0.4, -0.2) is 57.5 Å². The van der Waals surface area contributed by atoms with Crippen molar-refractivity contribution in [2.45, 2.75) is 18.4 Å². The number of carboxylic acids is 1. The molecule has 172 valence electrons. The number of benzene rings is 2. The Morgan fingerprint density at radius 1 is 1.06 bits per heavy atom. The summed E-state index contributed by atoms with van der Waals surface area (Å²) < 4.78 is 10.2. The van der Waals surface area contributed by atoms with Crippen molar-refractivity contribution >= 4 is 23.8 Å². The third-order valence-electron chi connectivity index (χ3n) is 7.10. The van der Waals surface area contributed by atoms with E-state index >= 15 is 0 Å². The molecule has 3 heterocycles. The van der Waals surface area contributed by atoms with Gasteiger partial charge in [-0.25, -0.2) is 9.42 Å². The second-order valence-corrected chi connectivity index (χ2v) is 8.80. The topological polar surface area (TPSA) is 135 Å². The van der Waals surface area contributed by atoms with Crippen LogP contribution in [-0.2, 0) is 9.53 Å². The Kier molecular flexibility index (Phi) is 4.61. The first-order valence-corrected chi connectivity index (χ1v) is 11.0. The first kappa shape index (κ1) is 20.4. The highest BCUT2D eigenvalue weighted by Crippen LogP contribution is 2.47. The quantitative estimate of drug-likeness (QED) is 0.593. The summed E-state index contributed by atoms with van der Waals surface area (Å²) in [5.41, 5.74) is 4.21. The molecule has 2 amide bonds. The van der Waals surface area contributed by atoms with Gasteiger partial charge in [-0.2, -0.15) is 0 Å². The van der Waals surface area contributed by atoms with Gasteiger partial charge in [-0.05, 0) is 44.9 Å². The second-order valence-electron chi connectivity index (χ2n) is 8.80. The van der Waals surface area contributed by atoms with Gasteiger partial charge in [0.2, 0.25) is 11.5 Å². The van der Waals surface area contributed by atoms with Crippen LogP contribution in [0.25, 0.3) is 11.1 Å². The van der Waals surface area contributed by atoms with Crippen LogP contribution in [0.15, 0.2) is 53.2 Å². The lowest BCUT2D eigenvalue weighted by molar-refractivity contribution is -0.147. The van der Waals surface area contributed by atoms with Crippen molar-refractivity contribution in [3.05, 3.63) is 65.4 Å². The number of amides is 2. The van der Waals surface area contributed by atoms with Crippen LogP contribution in [0.5, 0.6) is 0 Å². The van der Waals surface area contributed by atoms with E-state index in [2.05, 4.69) is 20.3 Å². The van der Waals surface area contributed by atoms with Gasteiger partial charge in [-0.1, -0.05) is 48.5 Å². The lowest BCUT2D eigenvalue weighted by Crippen LogP contribution is -2.45. The third kappa shape index (κ3) is 3.06. The molecular formula is C24H20N4O6. The first-order chi connectivity index (χ1) is 16.5. The van der Waals surface area contributed by atoms with Gasteiger partial charge >= 0.3 is 12.1 Å². The fourth-order valence-corrected chi connectivity index (χ4v) is 5.50. The molecule has 10 heteroatoms. The summed E-state index contributed by atoms with van der Waals surface area (Å²) in [6.45, 7) is 0.433. The molecule has 7 rings (SSSR count). The zero-order valence-corrected chi connectivity index (χ0v) is 17.9. The van der Waals surface area contributed by atoms with E-state index in [-0.39, 0.29) is 36.0 Å². The SMILES string of the molecule is O=C(Nc1nonc1C(=O)N1CC2CC1C2C(=O)O)OCC1c2ccccc2-c2ccccc21. The highest BCUT2D eigenvalue weighted by molar-refractivity contribution is 6.00. The maximum absolute atomic E-state index is 12.9. The van der Waals surface area contributed by atoms with Crippen LogP contribution in [0.4, 0.5) is 10.6 Å². The van der Waals surface area contributed by atoms with Crippen LogP contribution >= 0.6 is 0 Å². The fourth-order valence-electron chi connectivity index (χ4n) is 5.50. The van der Waals surface area contributed by atoms with Crippen LogP contribution < -0.4 is 5.32 Å². The molecule has 2 aliphatic heterocycles. The number of aliphatic carboxylic acids is 1. The maximum Gasteiger partial charge on any atom is 0.412 e. The summed E-state index contributed by atoms with van der Waals surface area (Å²) in [5.74, 6) is -2.33. The molecule has 3 fully saturated rings. The molecule has 4 aliphatic rings. The lowest BCUT2D eigenvalue weighted by atomic mass is 9.74. The molecule has 0 spiro atoms. The number of ether oxygens (including phenoxy) is 1. The summed E-state index contributed by atoms with van der Waals surface area (Å²) >= 11 is 0. The Bertz CT molecular complexity index is 1270. The minimum absolute atomic E-state index is 0.0650. The number of nitrogens with one attached hydrogen (secondary N) is 1. The number of fused-ring (bicyclic) bond motifs is 4. The summed E-state index contributed by atoms with van der Waals surface area (Å²) in [6.07, 6.45) is -0.149. The molecular weight excluding hydrogens is 440 g/mol. The van der Waals surface area contributed by atoms with Crippen molar-refractivity contribution in [3.8, 4) is 11.1 Å². The number of rotatable bonds is 5. The van der Waals surface area contributed by atoms with E-state index < -0.39 is 23.9 Å². The van der Waals surface area contributed by atoms with E-state index in [1.165, 1.54) is 4.90 Å². The summed E-state index contributed by atoms with van der Waals surface area (Å²) in [5, 5.41) is 19.0. The number of hydrogen-bond acceptors (Lipinski definition) is 7. The van der Waals surface area contributed by atoms with E-state index in [1.807, 2.05) is 48.5 Å². The minimum Gasteiger partial charge on any atom is -0.481 e. The molecule has 3 atom stereocenters. The standard InChI is InChI=1S/C24H20N4O6/c29-22(28-10-12-9-18(28)19(12)23(30)31)20-21(27-34-26-20)25-24(32)33-11-17-15-7-3-1-5-13(15)14-6-2-4-8-16(14)17/h1-8,12,17-19H,9-11H2,(H,30,31)(H,25,27,32). The number of carbonyl (C=O) groups excluding carboxylic acids is 2. The van der Waals surface area contributed by atoms with Crippen molar-refractivity contribution in [2.75, 3.05) is 18.5 Å². The second kappa shape index (κ2) is 7.68. The van der Waals surface area contributed by atoms with Crippen LogP contribution in [0.1, 0.15) is 34.0 Å². The predicted octanol–water partition coefficient (Wildman–Crippen LogP) is 2.98. The molecule has 2 aliphatic carbocycles. The molecule has 10 nitrogen and oxygen atoms in total. The van der Waals surface area contributed by atoms with E-state index in [0.29, 0.717) is 13.0 Å². The number of hydrogen-bond donors (Lipinski definition) is 2. The zero-order valence-electron chi connectivity index (χ0n) is 17.9.